The zero-order valence-electron chi connectivity index (χ0n) is 16.0. The van der Waals surface area contributed by atoms with Crippen LogP contribution in [0.2, 0.25) is 0 Å². The number of phenolic OH excluding ortho intramolecular Hbond substituents is 2. The van der Waals surface area contributed by atoms with Crippen LogP contribution >= 0.6 is 0 Å². The molecule has 0 aliphatic heterocycles. The number of hydrogen-bond acceptors (Lipinski definition) is 5. The molecular formula is C21H26N4O2. The molecular weight excluding hydrogens is 340 g/mol. The first kappa shape index (κ1) is 18.9. The number of aromatic nitrogens is 2. The van der Waals surface area contributed by atoms with Crippen LogP contribution in [0.1, 0.15) is 30.2 Å². The van der Waals surface area contributed by atoms with Crippen molar-refractivity contribution in [2.75, 3.05) is 6.54 Å². The maximum atomic E-state index is 10.4. The van der Waals surface area contributed by atoms with Gasteiger partial charge in [0.05, 0.1) is 17.9 Å². The molecule has 1 aromatic heterocycles. The van der Waals surface area contributed by atoms with Crippen LogP contribution in [-0.2, 0) is 6.54 Å². The van der Waals surface area contributed by atoms with Gasteiger partial charge in [-0.3, -0.25) is 10.9 Å². The van der Waals surface area contributed by atoms with E-state index >= 15 is 0 Å². The van der Waals surface area contributed by atoms with Gasteiger partial charge in [0.15, 0.2) is 0 Å². The molecule has 0 atom stereocenters. The lowest BCUT2D eigenvalue weighted by molar-refractivity contribution is 0.447. The number of hydrazine groups is 1. The summed E-state index contributed by atoms with van der Waals surface area (Å²) in [7, 11) is 0. The molecule has 6 heteroatoms. The van der Waals surface area contributed by atoms with Crippen molar-refractivity contribution in [1.29, 1.82) is 0 Å². The predicted molar refractivity (Wildman–Crippen MR) is 107 cm³/mol. The first-order chi connectivity index (χ1) is 13.0. The van der Waals surface area contributed by atoms with Crippen molar-refractivity contribution < 1.29 is 10.2 Å². The molecule has 3 aromatic rings. The lowest BCUT2D eigenvalue weighted by atomic mass is 10.0. The fraction of sp³-hybridized carbons (Fsp3) is 0.286. The molecule has 3 rings (SSSR count). The van der Waals surface area contributed by atoms with Gasteiger partial charge in [0.25, 0.3) is 0 Å². The van der Waals surface area contributed by atoms with E-state index in [0.717, 1.165) is 35.5 Å². The summed E-state index contributed by atoms with van der Waals surface area (Å²) in [5.41, 5.74) is 11.9. The van der Waals surface area contributed by atoms with Gasteiger partial charge < -0.3 is 10.2 Å². The summed E-state index contributed by atoms with van der Waals surface area (Å²) in [5.74, 6) is -0.00264. The van der Waals surface area contributed by atoms with E-state index in [1.54, 1.807) is 16.8 Å². The number of hydrogen-bond donors (Lipinski definition) is 4. The molecule has 0 aliphatic rings. The van der Waals surface area contributed by atoms with Gasteiger partial charge in [-0.1, -0.05) is 36.8 Å². The first-order valence-corrected chi connectivity index (χ1v) is 9.15. The van der Waals surface area contributed by atoms with Gasteiger partial charge in [-0.15, -0.1) is 0 Å². The molecule has 0 saturated heterocycles. The average Bonchev–Trinajstić information content (AvgIpc) is 2.96. The second-order valence-electron chi connectivity index (χ2n) is 6.65. The van der Waals surface area contributed by atoms with Crippen molar-refractivity contribution >= 4 is 0 Å². The Morgan fingerprint density at radius 1 is 1.00 bits per heavy atom. The smallest absolute Gasteiger partial charge is 0.144 e. The standard InChI is InChI=1S/C21H26N4O2/c1-4-11-22-23-13-18-15(3)21(16-7-5-14(2)6-8-16)25(24-18)19-10-9-17(26)12-20(19)27/h5-10,12,22-23,26-27H,4,11,13H2,1-3H3. The summed E-state index contributed by atoms with van der Waals surface area (Å²) in [5, 5.41) is 24.7. The third-order valence-corrected chi connectivity index (χ3v) is 4.49. The van der Waals surface area contributed by atoms with Gasteiger partial charge >= 0.3 is 0 Å². The Kier molecular flexibility index (Phi) is 5.78. The molecule has 142 valence electrons. The molecule has 0 amide bonds. The largest absolute Gasteiger partial charge is 0.508 e. The van der Waals surface area contributed by atoms with Gasteiger partial charge in [0.2, 0.25) is 0 Å². The second kappa shape index (κ2) is 8.24. The molecule has 4 N–H and O–H groups in total. The highest BCUT2D eigenvalue weighted by atomic mass is 16.3. The summed E-state index contributed by atoms with van der Waals surface area (Å²) in [6.45, 7) is 7.64. The minimum atomic E-state index is -0.0190. The molecule has 0 bridgehead atoms. The summed E-state index contributed by atoms with van der Waals surface area (Å²) in [4.78, 5) is 0. The molecule has 0 fully saturated rings. The maximum absolute atomic E-state index is 10.4. The van der Waals surface area contributed by atoms with Gasteiger partial charge in [0.1, 0.15) is 17.2 Å². The molecule has 2 aromatic carbocycles. The molecule has 0 unspecified atom stereocenters. The lowest BCUT2D eigenvalue weighted by Crippen LogP contribution is -2.32. The monoisotopic (exact) mass is 366 g/mol. The van der Waals surface area contributed by atoms with Gasteiger partial charge in [-0.25, -0.2) is 4.68 Å². The van der Waals surface area contributed by atoms with E-state index in [9.17, 15) is 10.2 Å². The fourth-order valence-electron chi connectivity index (χ4n) is 2.98. The van der Waals surface area contributed by atoms with Crippen LogP contribution in [0, 0.1) is 13.8 Å². The molecule has 6 nitrogen and oxygen atoms in total. The minimum Gasteiger partial charge on any atom is -0.508 e. The van der Waals surface area contributed by atoms with Crippen molar-refractivity contribution in [1.82, 2.24) is 20.6 Å². The molecule has 0 aliphatic carbocycles. The Morgan fingerprint density at radius 3 is 2.41 bits per heavy atom. The van der Waals surface area contributed by atoms with Gasteiger partial charge in [-0.2, -0.15) is 5.10 Å². The van der Waals surface area contributed by atoms with Crippen LogP contribution in [0.4, 0.5) is 0 Å². The SMILES string of the molecule is CCCNNCc1nn(-c2ccc(O)cc2O)c(-c2ccc(C)cc2)c1C. The van der Waals surface area contributed by atoms with Crippen molar-refractivity contribution in [3.8, 4) is 28.4 Å². The quantitative estimate of drug-likeness (QED) is 0.380. The van der Waals surface area contributed by atoms with Crippen molar-refractivity contribution in [3.63, 3.8) is 0 Å². The highest BCUT2D eigenvalue weighted by Crippen LogP contribution is 2.33. The summed E-state index contributed by atoms with van der Waals surface area (Å²) in [6.07, 6.45) is 1.04. The highest BCUT2D eigenvalue weighted by molar-refractivity contribution is 5.68. The van der Waals surface area contributed by atoms with Crippen LogP contribution in [0.5, 0.6) is 11.5 Å². The zero-order chi connectivity index (χ0) is 19.4. The van der Waals surface area contributed by atoms with Crippen LogP contribution < -0.4 is 10.9 Å². The van der Waals surface area contributed by atoms with Crippen LogP contribution in [0.3, 0.4) is 0 Å². The molecule has 0 saturated carbocycles. The number of benzene rings is 2. The first-order valence-electron chi connectivity index (χ1n) is 9.15. The number of aromatic hydroxyl groups is 2. The van der Waals surface area contributed by atoms with E-state index < -0.39 is 0 Å². The van der Waals surface area contributed by atoms with E-state index in [0.29, 0.717) is 12.2 Å². The number of nitrogens with zero attached hydrogens (tertiary/aromatic N) is 2. The predicted octanol–water partition coefficient (Wildman–Crippen LogP) is 3.57. The van der Waals surface area contributed by atoms with E-state index in [1.165, 1.54) is 11.6 Å². The van der Waals surface area contributed by atoms with Crippen LogP contribution in [-0.4, -0.2) is 26.5 Å². The Hall–Kier alpha value is -2.83. The third-order valence-electron chi connectivity index (χ3n) is 4.49. The average molecular weight is 366 g/mol. The van der Waals surface area contributed by atoms with Crippen LogP contribution in [0.25, 0.3) is 16.9 Å². The Morgan fingerprint density at radius 2 is 1.74 bits per heavy atom. The van der Waals surface area contributed by atoms with Crippen molar-refractivity contribution in [3.05, 3.63) is 59.3 Å². The summed E-state index contributed by atoms with van der Waals surface area (Å²) >= 11 is 0. The number of rotatable bonds is 7. The maximum Gasteiger partial charge on any atom is 0.144 e. The minimum absolute atomic E-state index is 0.0164. The zero-order valence-corrected chi connectivity index (χ0v) is 16.0. The van der Waals surface area contributed by atoms with Gasteiger partial charge in [-0.05, 0) is 32.4 Å². The Labute approximate surface area is 159 Å². The van der Waals surface area contributed by atoms with Crippen molar-refractivity contribution in [2.24, 2.45) is 0 Å². The topological polar surface area (TPSA) is 82.3 Å². The number of phenols is 2. The van der Waals surface area contributed by atoms with E-state index in [1.807, 2.05) is 6.92 Å². The van der Waals surface area contributed by atoms with Gasteiger partial charge in [0, 0.05) is 23.7 Å². The fourth-order valence-corrected chi connectivity index (χ4v) is 2.98. The second-order valence-corrected chi connectivity index (χ2v) is 6.65. The summed E-state index contributed by atoms with van der Waals surface area (Å²) in [6, 6.07) is 12.8. The Balaban J connectivity index is 2.08. The van der Waals surface area contributed by atoms with Crippen LogP contribution in [0.15, 0.2) is 42.5 Å². The third kappa shape index (κ3) is 4.13. The van der Waals surface area contributed by atoms with E-state index in [2.05, 4.69) is 49.0 Å². The number of nitrogens with one attached hydrogen (secondary N) is 2. The summed E-state index contributed by atoms with van der Waals surface area (Å²) < 4.78 is 1.74. The lowest BCUT2D eigenvalue weighted by Gasteiger charge is -2.11. The molecule has 27 heavy (non-hydrogen) atoms. The van der Waals surface area contributed by atoms with E-state index in [4.69, 9.17) is 5.10 Å². The normalized spacial score (nSPS) is 11.1. The van der Waals surface area contributed by atoms with E-state index in [-0.39, 0.29) is 11.5 Å². The number of aryl methyl sites for hydroxylation is 1. The Bertz CT molecular complexity index is 917. The highest BCUT2D eigenvalue weighted by Gasteiger charge is 2.19. The molecule has 1 heterocycles. The molecule has 0 radical (unpaired) electrons. The van der Waals surface area contributed by atoms with Crippen molar-refractivity contribution in [2.45, 2.75) is 33.7 Å². The molecule has 0 spiro atoms.